The molecule has 2 nitrogen and oxygen atoms in total. The van der Waals surface area contributed by atoms with Crippen LogP contribution in [0.5, 0.6) is 0 Å². The van der Waals surface area contributed by atoms with Gasteiger partial charge in [-0.15, -0.1) is 11.6 Å². The van der Waals surface area contributed by atoms with Crippen LogP contribution in [0.25, 0.3) is 11.0 Å². The molecule has 0 spiro atoms. The third kappa shape index (κ3) is 2.48. The highest BCUT2D eigenvalue weighted by atomic mass is 35.5. The molecular formula is C15H20ClFN2. The molecule has 2 aromatic rings. The first kappa shape index (κ1) is 14.3. The fourth-order valence-corrected chi connectivity index (χ4v) is 2.51. The summed E-state index contributed by atoms with van der Waals surface area (Å²) in [5, 5.41) is 0. The summed E-state index contributed by atoms with van der Waals surface area (Å²) in [6, 6.07) is 3.40. The van der Waals surface area contributed by atoms with Crippen LogP contribution in [0.4, 0.5) is 4.39 Å². The molecule has 0 N–H and O–H groups in total. The van der Waals surface area contributed by atoms with Gasteiger partial charge in [-0.1, -0.05) is 6.92 Å². The molecule has 19 heavy (non-hydrogen) atoms. The summed E-state index contributed by atoms with van der Waals surface area (Å²) in [5.41, 5.74) is 2.30. The van der Waals surface area contributed by atoms with E-state index in [4.69, 9.17) is 11.6 Å². The number of rotatable bonds is 4. The molecule has 0 atom stereocenters. The highest BCUT2D eigenvalue weighted by Crippen LogP contribution is 2.29. The van der Waals surface area contributed by atoms with E-state index in [1.165, 1.54) is 6.07 Å². The van der Waals surface area contributed by atoms with Crippen LogP contribution in [0, 0.1) is 12.7 Å². The Kier molecular flexibility index (Phi) is 3.86. The summed E-state index contributed by atoms with van der Waals surface area (Å²) < 4.78 is 15.9. The Hall–Kier alpha value is -1.09. The van der Waals surface area contributed by atoms with E-state index in [-0.39, 0.29) is 11.4 Å². The summed E-state index contributed by atoms with van der Waals surface area (Å²) in [7, 11) is 0. The van der Waals surface area contributed by atoms with Crippen LogP contribution in [-0.4, -0.2) is 15.4 Å². The second-order valence-corrected chi connectivity index (χ2v) is 5.94. The van der Waals surface area contributed by atoms with Crippen LogP contribution in [0.3, 0.4) is 0 Å². The van der Waals surface area contributed by atoms with Gasteiger partial charge >= 0.3 is 0 Å². The monoisotopic (exact) mass is 282 g/mol. The lowest BCUT2D eigenvalue weighted by Gasteiger charge is -2.28. The predicted molar refractivity (Wildman–Crippen MR) is 78.5 cm³/mol. The van der Waals surface area contributed by atoms with Gasteiger partial charge in [-0.2, -0.15) is 0 Å². The van der Waals surface area contributed by atoms with Gasteiger partial charge in [0, 0.05) is 23.9 Å². The van der Waals surface area contributed by atoms with Crippen LogP contribution in [0.15, 0.2) is 12.1 Å². The molecule has 1 heterocycles. The van der Waals surface area contributed by atoms with Crippen molar-refractivity contribution in [2.45, 2.75) is 46.1 Å². The standard InChI is InChI=1S/C15H20ClFN2/c1-5-15(3,4)19-13-8-10(2)11(17)9-12(13)18-14(19)6-7-16/h8-9H,5-7H2,1-4H3. The zero-order chi connectivity index (χ0) is 14.2. The normalized spacial score (nSPS) is 12.3. The average Bonchev–Trinajstić information content (AvgIpc) is 2.68. The Morgan fingerprint density at radius 2 is 2.05 bits per heavy atom. The fraction of sp³-hybridized carbons (Fsp3) is 0.533. The van der Waals surface area contributed by atoms with E-state index in [0.717, 1.165) is 17.8 Å². The number of imidazole rings is 1. The molecule has 0 aliphatic rings. The summed E-state index contributed by atoms with van der Waals surface area (Å²) in [6.07, 6.45) is 1.67. The van der Waals surface area contributed by atoms with Gasteiger partial charge in [0.2, 0.25) is 0 Å². The van der Waals surface area contributed by atoms with Gasteiger partial charge in [-0.25, -0.2) is 9.37 Å². The quantitative estimate of drug-likeness (QED) is 0.760. The zero-order valence-electron chi connectivity index (χ0n) is 11.9. The van der Waals surface area contributed by atoms with Crippen molar-refractivity contribution in [3.05, 3.63) is 29.3 Å². The summed E-state index contributed by atoms with van der Waals surface area (Å²) in [6.45, 7) is 8.27. The van der Waals surface area contributed by atoms with Crippen molar-refractivity contribution in [1.82, 2.24) is 9.55 Å². The number of nitrogens with zero attached hydrogens (tertiary/aromatic N) is 2. The first-order valence-electron chi connectivity index (χ1n) is 6.64. The van der Waals surface area contributed by atoms with Gasteiger partial charge in [0.05, 0.1) is 11.0 Å². The van der Waals surface area contributed by atoms with Crippen LogP contribution >= 0.6 is 11.6 Å². The maximum atomic E-state index is 13.7. The van der Waals surface area contributed by atoms with Crippen LogP contribution in [-0.2, 0) is 12.0 Å². The first-order chi connectivity index (χ1) is 8.90. The largest absolute Gasteiger partial charge is 0.322 e. The Labute approximate surface area is 118 Å². The fourth-order valence-electron chi connectivity index (χ4n) is 2.34. The van der Waals surface area contributed by atoms with Crippen molar-refractivity contribution in [2.24, 2.45) is 0 Å². The van der Waals surface area contributed by atoms with Gasteiger partial charge in [0.15, 0.2) is 0 Å². The number of hydrogen-bond donors (Lipinski definition) is 0. The van der Waals surface area contributed by atoms with Crippen LogP contribution < -0.4 is 0 Å². The molecule has 0 amide bonds. The number of fused-ring (bicyclic) bond motifs is 1. The van der Waals surface area contributed by atoms with Gasteiger partial charge in [-0.3, -0.25) is 0 Å². The van der Waals surface area contributed by atoms with Crippen molar-refractivity contribution in [1.29, 1.82) is 0 Å². The third-order valence-corrected chi connectivity index (χ3v) is 3.98. The molecule has 2 rings (SSSR count). The van der Waals surface area contributed by atoms with E-state index in [0.29, 0.717) is 23.4 Å². The lowest BCUT2D eigenvalue weighted by molar-refractivity contribution is 0.342. The van der Waals surface area contributed by atoms with Crippen LogP contribution in [0.2, 0.25) is 0 Å². The molecule has 0 saturated carbocycles. The van der Waals surface area contributed by atoms with E-state index in [1.807, 2.05) is 6.07 Å². The molecule has 0 unspecified atom stereocenters. The van der Waals surface area contributed by atoms with Crippen molar-refractivity contribution >= 4 is 22.6 Å². The highest BCUT2D eigenvalue weighted by molar-refractivity contribution is 6.17. The van der Waals surface area contributed by atoms with E-state index in [2.05, 4.69) is 30.3 Å². The highest BCUT2D eigenvalue weighted by Gasteiger charge is 2.24. The number of aryl methyl sites for hydroxylation is 2. The molecule has 0 fully saturated rings. The first-order valence-corrected chi connectivity index (χ1v) is 7.18. The Morgan fingerprint density at radius 1 is 1.37 bits per heavy atom. The number of alkyl halides is 1. The number of halogens is 2. The Balaban J connectivity index is 2.76. The zero-order valence-corrected chi connectivity index (χ0v) is 12.7. The molecule has 104 valence electrons. The Morgan fingerprint density at radius 3 is 2.63 bits per heavy atom. The van der Waals surface area contributed by atoms with E-state index in [1.54, 1.807) is 6.92 Å². The maximum absolute atomic E-state index is 13.7. The molecule has 0 bridgehead atoms. The maximum Gasteiger partial charge on any atom is 0.128 e. The third-order valence-electron chi connectivity index (χ3n) is 3.79. The van der Waals surface area contributed by atoms with E-state index >= 15 is 0 Å². The van der Waals surface area contributed by atoms with E-state index < -0.39 is 0 Å². The van der Waals surface area contributed by atoms with E-state index in [9.17, 15) is 4.39 Å². The molecule has 0 saturated heterocycles. The van der Waals surface area contributed by atoms with Crippen LogP contribution in [0.1, 0.15) is 38.6 Å². The van der Waals surface area contributed by atoms with Gasteiger partial charge in [0.1, 0.15) is 11.6 Å². The molecule has 1 aromatic carbocycles. The second kappa shape index (κ2) is 5.12. The summed E-state index contributed by atoms with van der Waals surface area (Å²) in [4.78, 5) is 4.56. The average molecular weight is 283 g/mol. The molecule has 4 heteroatoms. The summed E-state index contributed by atoms with van der Waals surface area (Å²) >= 11 is 5.86. The predicted octanol–water partition coefficient (Wildman–Crippen LogP) is 4.41. The lowest BCUT2D eigenvalue weighted by atomic mass is 10.0. The second-order valence-electron chi connectivity index (χ2n) is 5.56. The molecule has 1 aromatic heterocycles. The molecule has 0 radical (unpaired) electrons. The lowest BCUT2D eigenvalue weighted by Crippen LogP contribution is -2.27. The smallest absolute Gasteiger partial charge is 0.128 e. The van der Waals surface area contributed by atoms with Crippen molar-refractivity contribution in [3.8, 4) is 0 Å². The minimum atomic E-state index is -0.205. The van der Waals surface area contributed by atoms with Gasteiger partial charge < -0.3 is 4.57 Å². The Bertz CT molecular complexity index is 602. The minimum Gasteiger partial charge on any atom is -0.322 e. The number of aromatic nitrogens is 2. The molecule has 0 aliphatic heterocycles. The SMILES string of the molecule is CCC(C)(C)n1c(CCCl)nc2cc(F)c(C)cc21. The minimum absolute atomic E-state index is 0.0551. The molecule has 0 aliphatic carbocycles. The number of benzene rings is 1. The van der Waals surface area contributed by atoms with Gasteiger partial charge in [0.25, 0.3) is 0 Å². The van der Waals surface area contributed by atoms with Crippen molar-refractivity contribution < 1.29 is 4.39 Å². The van der Waals surface area contributed by atoms with Crippen molar-refractivity contribution in [3.63, 3.8) is 0 Å². The number of hydrogen-bond acceptors (Lipinski definition) is 1. The molecular weight excluding hydrogens is 263 g/mol. The summed E-state index contributed by atoms with van der Waals surface area (Å²) in [5.74, 6) is 1.25. The topological polar surface area (TPSA) is 17.8 Å². The van der Waals surface area contributed by atoms with Crippen molar-refractivity contribution in [2.75, 3.05) is 5.88 Å². The van der Waals surface area contributed by atoms with Gasteiger partial charge in [-0.05, 0) is 38.8 Å².